The van der Waals surface area contributed by atoms with Crippen molar-refractivity contribution in [3.63, 3.8) is 0 Å². The Labute approximate surface area is 144 Å². The van der Waals surface area contributed by atoms with Gasteiger partial charge in [-0.25, -0.2) is 0 Å². The topological polar surface area (TPSA) is 51.2 Å². The van der Waals surface area contributed by atoms with Gasteiger partial charge in [0, 0.05) is 11.9 Å². The number of nitrogens with one attached hydrogen (secondary N) is 1. The molecular formula is C18H19F3N2O2. The lowest BCUT2D eigenvalue weighted by Gasteiger charge is -2.19. The molecule has 7 heteroatoms. The van der Waals surface area contributed by atoms with E-state index in [1.165, 1.54) is 6.07 Å². The quantitative estimate of drug-likeness (QED) is 0.886. The van der Waals surface area contributed by atoms with Crippen LogP contribution in [-0.2, 0) is 16.4 Å². The summed E-state index contributed by atoms with van der Waals surface area (Å²) in [5, 5.41) is 2.37. The third-order valence-corrected chi connectivity index (χ3v) is 3.40. The second-order valence-electron chi connectivity index (χ2n) is 6.54. The van der Waals surface area contributed by atoms with Crippen LogP contribution in [-0.4, -0.2) is 17.5 Å². The van der Waals surface area contributed by atoms with Crippen LogP contribution in [0.5, 0.6) is 5.75 Å². The molecular weight excluding hydrogens is 333 g/mol. The van der Waals surface area contributed by atoms with E-state index in [9.17, 15) is 18.0 Å². The van der Waals surface area contributed by atoms with Crippen LogP contribution in [0.3, 0.4) is 0 Å². The number of ether oxygens (including phenoxy) is 1. The van der Waals surface area contributed by atoms with E-state index >= 15 is 0 Å². The van der Waals surface area contributed by atoms with Crippen LogP contribution in [0.25, 0.3) is 0 Å². The highest BCUT2D eigenvalue weighted by atomic mass is 19.4. The predicted molar refractivity (Wildman–Crippen MR) is 88.5 cm³/mol. The van der Waals surface area contributed by atoms with Crippen molar-refractivity contribution in [2.24, 2.45) is 0 Å². The molecule has 0 aliphatic heterocycles. The van der Waals surface area contributed by atoms with Crippen LogP contribution < -0.4 is 10.1 Å². The molecule has 0 aliphatic rings. The number of hydrogen-bond donors (Lipinski definition) is 1. The van der Waals surface area contributed by atoms with Gasteiger partial charge >= 0.3 is 6.18 Å². The minimum absolute atomic E-state index is 0.0133. The molecule has 0 radical (unpaired) electrons. The monoisotopic (exact) mass is 352 g/mol. The van der Waals surface area contributed by atoms with E-state index in [0.29, 0.717) is 5.75 Å². The molecule has 1 aromatic heterocycles. The van der Waals surface area contributed by atoms with Crippen LogP contribution >= 0.6 is 0 Å². The summed E-state index contributed by atoms with van der Waals surface area (Å²) in [4.78, 5) is 15.1. The first-order chi connectivity index (χ1) is 11.6. The first kappa shape index (κ1) is 18.8. The molecule has 1 aromatic carbocycles. The number of alkyl halides is 3. The molecule has 2 aromatic rings. The molecule has 25 heavy (non-hydrogen) atoms. The van der Waals surface area contributed by atoms with E-state index in [1.807, 2.05) is 18.2 Å². The van der Waals surface area contributed by atoms with Crippen molar-refractivity contribution in [3.8, 4) is 5.75 Å². The average molecular weight is 352 g/mol. The number of carbonyl (C=O) groups is 1. The first-order valence-corrected chi connectivity index (χ1v) is 7.62. The molecule has 134 valence electrons. The maximum atomic E-state index is 12.6. The standard InChI is InChI=1S/C18H19F3N2O2/c1-17(2,3)12-5-4-6-14(9-12)25-11-16(24)23-13-7-8-22-15(10-13)18(19,20)21/h4-10H,11H2,1-3H3,(H,22,23,24). The maximum absolute atomic E-state index is 12.6. The number of carbonyl (C=O) groups excluding carboxylic acids is 1. The number of amides is 1. The van der Waals surface area contributed by atoms with Crippen molar-refractivity contribution in [2.75, 3.05) is 11.9 Å². The summed E-state index contributed by atoms with van der Waals surface area (Å²) in [7, 11) is 0. The van der Waals surface area contributed by atoms with E-state index in [0.717, 1.165) is 17.8 Å². The fraction of sp³-hybridized carbons (Fsp3) is 0.333. The van der Waals surface area contributed by atoms with Gasteiger partial charge in [0.25, 0.3) is 5.91 Å². The third kappa shape index (κ3) is 5.48. The predicted octanol–water partition coefficient (Wildman–Crippen LogP) is 4.42. The van der Waals surface area contributed by atoms with E-state index in [2.05, 4.69) is 31.1 Å². The van der Waals surface area contributed by atoms with Gasteiger partial charge in [0.1, 0.15) is 11.4 Å². The summed E-state index contributed by atoms with van der Waals surface area (Å²) in [6.45, 7) is 5.86. The number of halogens is 3. The Balaban J connectivity index is 1.98. The molecule has 1 amide bonds. The van der Waals surface area contributed by atoms with Crippen molar-refractivity contribution in [1.29, 1.82) is 0 Å². The molecule has 1 heterocycles. The molecule has 1 N–H and O–H groups in total. The summed E-state index contributed by atoms with van der Waals surface area (Å²) in [5.41, 5.74) is -0.0648. The van der Waals surface area contributed by atoms with Gasteiger partial charge in [-0.2, -0.15) is 13.2 Å². The molecule has 0 atom stereocenters. The lowest BCUT2D eigenvalue weighted by atomic mass is 9.87. The fourth-order valence-corrected chi connectivity index (χ4v) is 2.06. The van der Waals surface area contributed by atoms with Gasteiger partial charge in [0.05, 0.1) is 0 Å². The van der Waals surface area contributed by atoms with Gasteiger partial charge in [-0.3, -0.25) is 9.78 Å². The van der Waals surface area contributed by atoms with Crippen molar-refractivity contribution < 1.29 is 22.7 Å². The van der Waals surface area contributed by atoms with E-state index < -0.39 is 17.8 Å². The van der Waals surface area contributed by atoms with Crippen LogP contribution in [0, 0.1) is 0 Å². The van der Waals surface area contributed by atoms with Gasteiger partial charge in [-0.1, -0.05) is 32.9 Å². The molecule has 0 bridgehead atoms. The Hall–Kier alpha value is -2.57. The number of pyridine rings is 1. The lowest BCUT2D eigenvalue weighted by molar-refractivity contribution is -0.141. The first-order valence-electron chi connectivity index (χ1n) is 7.62. The SMILES string of the molecule is CC(C)(C)c1cccc(OCC(=O)Nc2ccnc(C(F)(F)F)c2)c1. The lowest BCUT2D eigenvalue weighted by Crippen LogP contribution is -2.21. The van der Waals surface area contributed by atoms with Gasteiger partial charge in [-0.05, 0) is 35.2 Å². The molecule has 0 saturated carbocycles. The molecule has 0 spiro atoms. The van der Waals surface area contributed by atoms with E-state index in [1.54, 1.807) is 6.07 Å². The van der Waals surface area contributed by atoms with Crippen molar-refractivity contribution in [1.82, 2.24) is 4.98 Å². The molecule has 0 saturated heterocycles. The Morgan fingerprint density at radius 3 is 2.52 bits per heavy atom. The van der Waals surface area contributed by atoms with Crippen LogP contribution in [0.4, 0.5) is 18.9 Å². The van der Waals surface area contributed by atoms with Gasteiger partial charge < -0.3 is 10.1 Å². The number of aromatic nitrogens is 1. The van der Waals surface area contributed by atoms with Crippen molar-refractivity contribution in [2.45, 2.75) is 32.4 Å². The minimum Gasteiger partial charge on any atom is -0.484 e. The zero-order valence-electron chi connectivity index (χ0n) is 14.1. The molecule has 0 aliphatic carbocycles. The molecule has 0 unspecified atom stereocenters. The van der Waals surface area contributed by atoms with Crippen molar-refractivity contribution >= 4 is 11.6 Å². The zero-order chi connectivity index (χ0) is 18.7. The largest absolute Gasteiger partial charge is 0.484 e. The Morgan fingerprint density at radius 1 is 1.16 bits per heavy atom. The highest BCUT2D eigenvalue weighted by Crippen LogP contribution is 2.29. The second-order valence-corrected chi connectivity index (χ2v) is 6.54. The highest BCUT2D eigenvalue weighted by Gasteiger charge is 2.32. The van der Waals surface area contributed by atoms with E-state index in [4.69, 9.17) is 4.74 Å². The number of nitrogens with zero attached hydrogens (tertiary/aromatic N) is 1. The Kier molecular flexibility index (Phi) is 5.35. The third-order valence-electron chi connectivity index (χ3n) is 3.40. The van der Waals surface area contributed by atoms with Crippen LogP contribution in [0.15, 0.2) is 42.6 Å². The molecule has 0 fully saturated rings. The summed E-state index contributed by atoms with van der Waals surface area (Å²) < 4.78 is 43.3. The van der Waals surface area contributed by atoms with E-state index in [-0.39, 0.29) is 17.7 Å². The van der Waals surface area contributed by atoms with Crippen LogP contribution in [0.2, 0.25) is 0 Å². The maximum Gasteiger partial charge on any atom is 0.433 e. The summed E-state index contributed by atoms with van der Waals surface area (Å²) in [6, 6.07) is 9.40. The Bertz CT molecular complexity index is 752. The summed E-state index contributed by atoms with van der Waals surface area (Å²) in [6.07, 6.45) is -3.57. The average Bonchev–Trinajstić information content (AvgIpc) is 2.52. The number of anilines is 1. The van der Waals surface area contributed by atoms with Gasteiger partial charge in [0.15, 0.2) is 6.61 Å². The fourth-order valence-electron chi connectivity index (χ4n) is 2.06. The number of hydrogen-bond acceptors (Lipinski definition) is 3. The van der Waals surface area contributed by atoms with Gasteiger partial charge in [-0.15, -0.1) is 0 Å². The Morgan fingerprint density at radius 2 is 1.88 bits per heavy atom. The molecule has 2 rings (SSSR count). The van der Waals surface area contributed by atoms with Crippen LogP contribution in [0.1, 0.15) is 32.0 Å². The normalized spacial score (nSPS) is 11.9. The molecule has 4 nitrogen and oxygen atoms in total. The smallest absolute Gasteiger partial charge is 0.433 e. The van der Waals surface area contributed by atoms with Crippen molar-refractivity contribution in [3.05, 3.63) is 53.9 Å². The second kappa shape index (κ2) is 7.13. The minimum atomic E-state index is -4.56. The number of benzene rings is 1. The number of rotatable bonds is 4. The van der Waals surface area contributed by atoms with Gasteiger partial charge in [0.2, 0.25) is 0 Å². The summed E-state index contributed by atoms with van der Waals surface area (Å²) >= 11 is 0. The zero-order valence-corrected chi connectivity index (χ0v) is 14.1. The highest BCUT2D eigenvalue weighted by molar-refractivity contribution is 5.91. The summed E-state index contributed by atoms with van der Waals surface area (Å²) in [5.74, 6) is -0.0335.